The lowest BCUT2D eigenvalue weighted by atomic mass is 9.87. The van der Waals surface area contributed by atoms with Crippen LogP contribution in [-0.2, 0) is 11.8 Å². The van der Waals surface area contributed by atoms with Gasteiger partial charge in [0, 0.05) is 25.7 Å². The highest BCUT2D eigenvalue weighted by Crippen LogP contribution is 2.42. The first kappa shape index (κ1) is 15.4. The molecule has 1 spiro atoms. The van der Waals surface area contributed by atoms with Gasteiger partial charge in [-0.1, -0.05) is 30.3 Å². The maximum Gasteiger partial charge on any atom is 0.257 e. The average molecular weight is 327 g/mol. The zero-order valence-corrected chi connectivity index (χ0v) is 13.6. The third-order valence-electron chi connectivity index (χ3n) is 5.13. The zero-order chi connectivity index (χ0) is 16.7. The van der Waals surface area contributed by atoms with E-state index in [0.29, 0.717) is 25.3 Å². The molecule has 0 unspecified atom stereocenters. The second kappa shape index (κ2) is 5.72. The molecule has 1 aromatic heterocycles. The highest BCUT2D eigenvalue weighted by molar-refractivity contribution is 5.94. The van der Waals surface area contributed by atoms with Gasteiger partial charge in [0.1, 0.15) is 11.7 Å². The van der Waals surface area contributed by atoms with Gasteiger partial charge in [-0.2, -0.15) is 5.10 Å². The first-order valence-electron chi connectivity index (χ1n) is 8.22. The lowest BCUT2D eigenvalue weighted by Gasteiger charge is -2.25. The Bertz CT molecular complexity index is 745. The fourth-order valence-electron chi connectivity index (χ4n) is 3.82. The summed E-state index contributed by atoms with van der Waals surface area (Å²) in [4.78, 5) is 14.3. The molecule has 0 aliphatic carbocycles. The van der Waals surface area contributed by atoms with E-state index in [1.54, 1.807) is 29.0 Å². The Morgan fingerprint density at radius 2 is 2.17 bits per heavy atom. The highest BCUT2D eigenvalue weighted by atomic mass is 16.5. The topological polar surface area (TPSA) is 67.6 Å². The van der Waals surface area contributed by atoms with Crippen LogP contribution in [0.3, 0.4) is 0 Å². The zero-order valence-electron chi connectivity index (χ0n) is 13.6. The monoisotopic (exact) mass is 327 g/mol. The van der Waals surface area contributed by atoms with Crippen LogP contribution in [0.25, 0.3) is 0 Å². The van der Waals surface area contributed by atoms with Crippen LogP contribution in [0, 0.1) is 0 Å². The predicted molar refractivity (Wildman–Crippen MR) is 87.6 cm³/mol. The number of aliphatic hydroxyl groups excluding tert-OH is 1. The average Bonchev–Trinajstić information content (AvgIpc) is 3.29. The van der Waals surface area contributed by atoms with Crippen molar-refractivity contribution >= 4 is 5.91 Å². The number of aromatic nitrogens is 2. The summed E-state index contributed by atoms with van der Waals surface area (Å²) < 4.78 is 7.64. The predicted octanol–water partition coefficient (Wildman–Crippen LogP) is 1.18. The number of benzene rings is 1. The second-order valence-electron chi connectivity index (χ2n) is 6.79. The summed E-state index contributed by atoms with van der Waals surface area (Å²) in [5, 5.41) is 14.6. The van der Waals surface area contributed by atoms with Crippen LogP contribution in [0.2, 0.25) is 0 Å². The fraction of sp³-hybridized carbons (Fsp3) is 0.444. The van der Waals surface area contributed by atoms with Crippen molar-refractivity contribution < 1.29 is 14.6 Å². The molecule has 0 radical (unpaired) electrons. The summed E-state index contributed by atoms with van der Waals surface area (Å²) in [6.45, 7) is 1.30. The Hall–Kier alpha value is -2.18. The lowest BCUT2D eigenvalue weighted by molar-refractivity contribution is -0.0591. The quantitative estimate of drug-likeness (QED) is 0.899. The number of aryl methyl sites for hydroxylation is 1. The van der Waals surface area contributed by atoms with E-state index in [4.69, 9.17) is 4.74 Å². The van der Waals surface area contributed by atoms with Gasteiger partial charge < -0.3 is 14.7 Å². The summed E-state index contributed by atoms with van der Waals surface area (Å²) in [7, 11) is 1.78. The second-order valence-corrected chi connectivity index (χ2v) is 6.79. The normalized spacial score (nSPS) is 29.5. The highest BCUT2D eigenvalue weighted by Gasteiger charge is 2.53. The number of β-amino-alcohol motifs (C(OH)–C–C–N with tert-alkyl or cyclic N) is 1. The van der Waals surface area contributed by atoms with Gasteiger partial charge in [-0.25, -0.2) is 0 Å². The van der Waals surface area contributed by atoms with Crippen molar-refractivity contribution in [3.63, 3.8) is 0 Å². The van der Waals surface area contributed by atoms with Gasteiger partial charge in [0.15, 0.2) is 0 Å². The van der Waals surface area contributed by atoms with Gasteiger partial charge in [0.25, 0.3) is 5.91 Å². The summed E-state index contributed by atoms with van der Waals surface area (Å²) in [6, 6.07) is 10.2. The van der Waals surface area contributed by atoms with Crippen LogP contribution in [-0.4, -0.2) is 57.1 Å². The van der Waals surface area contributed by atoms with Gasteiger partial charge in [-0.05, 0) is 12.0 Å². The van der Waals surface area contributed by atoms with Crippen LogP contribution < -0.4 is 0 Å². The van der Waals surface area contributed by atoms with Crippen LogP contribution in [0.15, 0.2) is 42.7 Å². The molecule has 6 nitrogen and oxygen atoms in total. The third kappa shape index (κ3) is 2.52. The molecule has 3 heterocycles. The third-order valence-corrected chi connectivity index (χ3v) is 5.13. The van der Waals surface area contributed by atoms with E-state index in [0.717, 1.165) is 6.42 Å². The van der Waals surface area contributed by atoms with Gasteiger partial charge >= 0.3 is 0 Å². The van der Waals surface area contributed by atoms with Crippen molar-refractivity contribution in [3.8, 4) is 0 Å². The molecule has 126 valence electrons. The SMILES string of the molecule is Cn1cc(C(=O)N2C[C@@H](O)[C@@]3(C[C@H](c4ccccc4)CO3)C2)cn1. The molecule has 6 heteroatoms. The number of ether oxygens (including phenoxy) is 1. The van der Waals surface area contributed by atoms with Crippen molar-refractivity contribution in [2.45, 2.75) is 24.0 Å². The molecule has 1 amide bonds. The summed E-state index contributed by atoms with van der Waals surface area (Å²) >= 11 is 0. The van der Waals surface area contributed by atoms with E-state index >= 15 is 0 Å². The maximum atomic E-state index is 12.6. The standard InChI is InChI=1S/C18H21N3O3/c1-20-9-15(8-19-20)17(23)21-10-16(22)18(12-21)7-14(11-24-18)13-5-3-2-4-6-13/h2-6,8-9,14,16,22H,7,10-12H2,1H3/t14-,16+,18+/m0/s1. The van der Waals surface area contributed by atoms with Crippen molar-refractivity contribution in [3.05, 3.63) is 53.9 Å². The minimum Gasteiger partial charge on any atom is -0.388 e. The minimum atomic E-state index is -0.660. The number of hydrogen-bond acceptors (Lipinski definition) is 4. The van der Waals surface area contributed by atoms with Crippen LogP contribution >= 0.6 is 0 Å². The number of amides is 1. The Morgan fingerprint density at radius 3 is 2.88 bits per heavy atom. The molecule has 24 heavy (non-hydrogen) atoms. The fourth-order valence-corrected chi connectivity index (χ4v) is 3.82. The Morgan fingerprint density at radius 1 is 1.38 bits per heavy atom. The van der Waals surface area contributed by atoms with Crippen molar-refractivity contribution in [1.29, 1.82) is 0 Å². The van der Waals surface area contributed by atoms with Crippen molar-refractivity contribution in [2.75, 3.05) is 19.7 Å². The van der Waals surface area contributed by atoms with E-state index in [1.807, 2.05) is 18.2 Å². The number of carbonyl (C=O) groups excluding carboxylic acids is 1. The molecule has 3 atom stereocenters. The van der Waals surface area contributed by atoms with Crippen molar-refractivity contribution in [1.82, 2.24) is 14.7 Å². The van der Waals surface area contributed by atoms with Gasteiger partial charge in [0.05, 0.1) is 24.9 Å². The number of aliphatic hydroxyl groups is 1. The first-order chi connectivity index (χ1) is 11.6. The van der Waals surface area contributed by atoms with Crippen LogP contribution in [0.4, 0.5) is 0 Å². The Balaban J connectivity index is 1.50. The molecule has 2 fully saturated rings. The number of nitrogens with zero attached hydrogens (tertiary/aromatic N) is 3. The van der Waals surface area contributed by atoms with Crippen molar-refractivity contribution in [2.24, 2.45) is 7.05 Å². The van der Waals surface area contributed by atoms with Crippen LogP contribution in [0.1, 0.15) is 28.3 Å². The first-order valence-corrected chi connectivity index (χ1v) is 8.22. The van der Waals surface area contributed by atoms with E-state index in [2.05, 4.69) is 17.2 Å². The Labute approximate surface area is 140 Å². The summed E-state index contributed by atoms with van der Waals surface area (Å²) in [5.74, 6) is 0.153. The lowest BCUT2D eigenvalue weighted by Crippen LogP contribution is -2.41. The molecular weight excluding hydrogens is 306 g/mol. The smallest absolute Gasteiger partial charge is 0.257 e. The number of carbonyl (C=O) groups is 1. The molecule has 2 aliphatic heterocycles. The molecule has 0 bridgehead atoms. The summed E-state index contributed by atoms with van der Waals surface area (Å²) in [5.41, 5.74) is 1.11. The molecule has 2 aliphatic rings. The van der Waals surface area contributed by atoms with Crippen LogP contribution in [0.5, 0.6) is 0 Å². The van der Waals surface area contributed by atoms with E-state index < -0.39 is 11.7 Å². The number of rotatable bonds is 2. The van der Waals surface area contributed by atoms with Gasteiger partial charge in [-0.15, -0.1) is 0 Å². The van der Waals surface area contributed by atoms with E-state index in [9.17, 15) is 9.90 Å². The molecule has 4 rings (SSSR count). The molecule has 2 saturated heterocycles. The Kier molecular flexibility index (Phi) is 3.66. The van der Waals surface area contributed by atoms with Gasteiger partial charge in [0.2, 0.25) is 0 Å². The number of hydrogen-bond donors (Lipinski definition) is 1. The summed E-state index contributed by atoms with van der Waals surface area (Å²) in [6.07, 6.45) is 3.32. The van der Waals surface area contributed by atoms with E-state index in [-0.39, 0.29) is 11.8 Å². The maximum absolute atomic E-state index is 12.6. The molecular formula is C18H21N3O3. The largest absolute Gasteiger partial charge is 0.388 e. The number of likely N-dealkylation sites (tertiary alicyclic amines) is 1. The molecule has 1 aromatic carbocycles. The molecule has 0 saturated carbocycles. The molecule has 2 aromatic rings. The molecule has 1 N–H and O–H groups in total. The van der Waals surface area contributed by atoms with E-state index in [1.165, 1.54) is 5.56 Å². The van der Waals surface area contributed by atoms with Gasteiger partial charge in [-0.3, -0.25) is 9.48 Å². The minimum absolute atomic E-state index is 0.106.